The molecule has 2 aromatic heterocycles. The summed E-state index contributed by atoms with van der Waals surface area (Å²) in [5.74, 6) is 0.775. The number of carbonyl (C=O) groups is 4. The maximum atomic E-state index is 14.0. The van der Waals surface area contributed by atoms with Gasteiger partial charge in [0.05, 0.1) is 55.8 Å². The highest BCUT2D eigenvalue weighted by atomic mass is 16.5. The van der Waals surface area contributed by atoms with Crippen molar-refractivity contribution in [3.8, 4) is 33.6 Å². The van der Waals surface area contributed by atoms with E-state index < -0.39 is 24.3 Å². The van der Waals surface area contributed by atoms with Crippen LogP contribution in [0.25, 0.3) is 44.4 Å². The molecule has 15 heteroatoms. The second-order valence-corrected chi connectivity index (χ2v) is 16.7. The highest BCUT2D eigenvalue weighted by Crippen LogP contribution is 2.45. The van der Waals surface area contributed by atoms with Gasteiger partial charge in [-0.3, -0.25) is 14.5 Å². The van der Waals surface area contributed by atoms with Gasteiger partial charge in [0.2, 0.25) is 11.8 Å². The van der Waals surface area contributed by atoms with Crippen molar-refractivity contribution in [3.05, 3.63) is 114 Å². The van der Waals surface area contributed by atoms with Gasteiger partial charge < -0.3 is 40.7 Å². The van der Waals surface area contributed by atoms with Gasteiger partial charge in [-0.2, -0.15) is 0 Å². The minimum absolute atomic E-state index is 0.158. The molecule has 1 saturated heterocycles. The third-order valence-corrected chi connectivity index (χ3v) is 12.4. The Labute approximate surface area is 358 Å². The van der Waals surface area contributed by atoms with E-state index in [1.54, 1.807) is 16.0 Å². The molecule has 9 rings (SSSR count). The van der Waals surface area contributed by atoms with Gasteiger partial charge in [0.15, 0.2) is 0 Å². The maximum absolute atomic E-state index is 14.0. The Morgan fingerprint density at radius 1 is 0.790 bits per heavy atom. The molecule has 318 valence electrons. The number of amides is 4. The number of nitrogens with one attached hydrogen (secondary N) is 4. The number of anilines is 1. The lowest BCUT2D eigenvalue weighted by molar-refractivity contribution is -0.135. The number of hydrogen-bond donors (Lipinski definition) is 5. The number of nitrogens with two attached hydrogens (primary N) is 1. The molecule has 6 aromatic rings. The van der Waals surface area contributed by atoms with Crippen LogP contribution in [0.2, 0.25) is 0 Å². The SMILES string of the molecule is COC(=O)N[C@H]1CCc2cccc3c2N(C1=O)[C@H](c1ncc(-c2ccc(-c4ccc5cc(-c6cnc([C@@H]7C[C@H](N)CN7C(=O)[C@@H](NC(=O)OC)C(C)C)[nH]6)ccc5c4)cc2)[nH]1)C3. The Morgan fingerprint density at radius 2 is 1.40 bits per heavy atom. The molecule has 0 aliphatic carbocycles. The molecular formula is C47H49N9O6. The highest BCUT2D eigenvalue weighted by Gasteiger charge is 2.43. The van der Waals surface area contributed by atoms with Gasteiger partial charge >= 0.3 is 12.2 Å². The lowest BCUT2D eigenvalue weighted by Crippen LogP contribution is -2.51. The molecule has 1 fully saturated rings. The first kappa shape index (κ1) is 40.4. The Hall–Kier alpha value is -7.00. The third-order valence-electron chi connectivity index (χ3n) is 12.4. The molecule has 0 spiro atoms. The molecule has 15 nitrogen and oxygen atoms in total. The Bertz CT molecular complexity index is 2690. The Kier molecular flexibility index (Phi) is 10.7. The van der Waals surface area contributed by atoms with E-state index in [4.69, 9.17) is 25.2 Å². The number of aromatic amines is 2. The molecule has 4 aromatic carbocycles. The third kappa shape index (κ3) is 7.53. The van der Waals surface area contributed by atoms with Crippen LogP contribution in [-0.4, -0.2) is 87.7 Å². The van der Waals surface area contributed by atoms with Crippen molar-refractivity contribution in [2.24, 2.45) is 11.7 Å². The summed E-state index contributed by atoms with van der Waals surface area (Å²) in [6, 6.07) is 24.7. The van der Waals surface area contributed by atoms with Crippen molar-refractivity contribution in [3.63, 3.8) is 0 Å². The number of para-hydroxylation sites is 1. The van der Waals surface area contributed by atoms with Crippen molar-refractivity contribution >= 4 is 40.5 Å². The summed E-state index contributed by atoms with van der Waals surface area (Å²) in [6.45, 7) is 4.11. The van der Waals surface area contributed by atoms with E-state index in [9.17, 15) is 19.2 Å². The topological polar surface area (TPSA) is 201 Å². The summed E-state index contributed by atoms with van der Waals surface area (Å²) >= 11 is 0. The predicted molar refractivity (Wildman–Crippen MR) is 234 cm³/mol. The Balaban J connectivity index is 0.900. The molecular weight excluding hydrogens is 787 g/mol. The number of ether oxygens (including phenoxy) is 2. The number of methoxy groups -OCH3 is 2. The number of imidazole rings is 2. The van der Waals surface area contributed by atoms with E-state index in [2.05, 4.69) is 87.3 Å². The van der Waals surface area contributed by atoms with Gasteiger partial charge in [0, 0.05) is 24.6 Å². The smallest absolute Gasteiger partial charge is 0.407 e. The molecule has 6 N–H and O–H groups in total. The van der Waals surface area contributed by atoms with Crippen LogP contribution in [0.1, 0.15) is 61.5 Å². The van der Waals surface area contributed by atoms with Crippen LogP contribution in [0.4, 0.5) is 15.3 Å². The maximum Gasteiger partial charge on any atom is 0.407 e. The van der Waals surface area contributed by atoms with E-state index in [1.807, 2.05) is 32.2 Å². The molecule has 4 amide bonds. The van der Waals surface area contributed by atoms with Gasteiger partial charge in [-0.1, -0.05) is 80.6 Å². The van der Waals surface area contributed by atoms with Crippen molar-refractivity contribution in [2.75, 3.05) is 25.7 Å². The summed E-state index contributed by atoms with van der Waals surface area (Å²) in [5, 5.41) is 7.56. The van der Waals surface area contributed by atoms with E-state index in [0.717, 1.165) is 61.2 Å². The largest absolute Gasteiger partial charge is 0.453 e. The quantitative estimate of drug-likeness (QED) is 0.107. The average Bonchev–Trinajstić information content (AvgIpc) is 4.11. The fraction of sp³-hybridized carbons (Fsp3) is 0.319. The summed E-state index contributed by atoms with van der Waals surface area (Å²) in [7, 11) is 2.57. The van der Waals surface area contributed by atoms with E-state index >= 15 is 0 Å². The number of aromatic nitrogens is 4. The van der Waals surface area contributed by atoms with Crippen molar-refractivity contribution in [1.29, 1.82) is 0 Å². The normalized spacial score (nSPS) is 19.9. The van der Waals surface area contributed by atoms with Gasteiger partial charge in [-0.25, -0.2) is 19.6 Å². The van der Waals surface area contributed by atoms with Crippen LogP contribution in [-0.2, 0) is 31.9 Å². The monoisotopic (exact) mass is 835 g/mol. The highest BCUT2D eigenvalue weighted by molar-refractivity contribution is 6.02. The number of fused-ring (bicyclic) bond motifs is 1. The van der Waals surface area contributed by atoms with Crippen molar-refractivity contribution < 1.29 is 28.7 Å². The van der Waals surface area contributed by atoms with E-state index in [-0.39, 0.29) is 35.9 Å². The van der Waals surface area contributed by atoms with Gasteiger partial charge in [-0.15, -0.1) is 0 Å². The van der Waals surface area contributed by atoms with E-state index in [1.165, 1.54) is 14.2 Å². The first-order valence-corrected chi connectivity index (χ1v) is 20.9. The number of H-pyrrole nitrogens is 2. The molecule has 0 unspecified atom stereocenters. The summed E-state index contributed by atoms with van der Waals surface area (Å²) in [4.78, 5) is 71.7. The Morgan fingerprint density at radius 3 is 2.10 bits per heavy atom. The summed E-state index contributed by atoms with van der Waals surface area (Å²) in [6.07, 6.45) is 4.61. The molecule has 0 saturated carbocycles. The van der Waals surface area contributed by atoms with Crippen LogP contribution in [0, 0.1) is 5.92 Å². The minimum Gasteiger partial charge on any atom is -0.453 e. The van der Waals surface area contributed by atoms with Crippen molar-refractivity contribution in [1.82, 2.24) is 35.5 Å². The van der Waals surface area contributed by atoms with Gasteiger partial charge in [0.1, 0.15) is 23.7 Å². The van der Waals surface area contributed by atoms with Crippen LogP contribution < -0.4 is 21.3 Å². The predicted octanol–water partition coefficient (Wildman–Crippen LogP) is 6.57. The number of nitrogens with zero attached hydrogens (tertiary/aromatic N) is 4. The van der Waals surface area contributed by atoms with Crippen LogP contribution in [0.3, 0.4) is 0 Å². The summed E-state index contributed by atoms with van der Waals surface area (Å²) < 4.78 is 9.59. The van der Waals surface area contributed by atoms with Crippen LogP contribution in [0.5, 0.6) is 0 Å². The number of carbonyl (C=O) groups excluding carboxylic acids is 4. The number of likely N-dealkylation sites (tertiary alicyclic amines) is 1. The zero-order valence-electron chi connectivity index (χ0n) is 35.0. The molecule has 5 heterocycles. The molecule has 0 bridgehead atoms. The second-order valence-electron chi connectivity index (χ2n) is 16.7. The van der Waals surface area contributed by atoms with Crippen molar-refractivity contribution in [2.45, 2.75) is 69.7 Å². The molecule has 3 aliphatic heterocycles. The zero-order chi connectivity index (χ0) is 43.2. The first-order valence-electron chi connectivity index (χ1n) is 20.9. The summed E-state index contributed by atoms with van der Waals surface area (Å²) in [5.41, 5.74) is 15.2. The lowest BCUT2D eigenvalue weighted by Gasteiger charge is -2.29. The van der Waals surface area contributed by atoms with Crippen LogP contribution in [0.15, 0.2) is 91.3 Å². The number of benzene rings is 4. The molecule has 62 heavy (non-hydrogen) atoms. The fourth-order valence-electron chi connectivity index (χ4n) is 9.17. The first-order chi connectivity index (χ1) is 30.0. The molecule has 3 aliphatic rings. The average molecular weight is 836 g/mol. The number of rotatable bonds is 9. The number of aryl methyl sites for hydroxylation is 1. The fourth-order valence-corrected chi connectivity index (χ4v) is 9.17. The standard InChI is InChI=1S/C47H49N9O6/c1-25(2)40(54-47(60)62-4)45(58)55-24-34(48)21-38(55)42-49-23-37(52-42)32-15-14-30-18-29(12-13-31(30)19-32)26-8-10-27(11-9-26)36-22-50-43(51-36)39-20-33-7-5-6-28-16-17-35(53-46(59)61-3)44(57)56(39)41(28)33/h5-15,18-19,22-23,25,34-35,38-40H,16-17,20-21,24,48H2,1-4H3,(H,49,52)(H,50,51)(H,53,59)(H,54,60)/t34-,35-,38-,39-,40-/m0/s1. The number of hydrogen-bond acceptors (Lipinski definition) is 9. The zero-order valence-corrected chi connectivity index (χ0v) is 35.0. The minimum atomic E-state index is -0.758. The van der Waals surface area contributed by atoms with E-state index in [0.29, 0.717) is 43.9 Å². The van der Waals surface area contributed by atoms with Crippen LogP contribution >= 0.6 is 0 Å². The van der Waals surface area contributed by atoms with Gasteiger partial charge in [-0.05, 0) is 75.9 Å². The lowest BCUT2D eigenvalue weighted by atomic mass is 9.98. The number of alkyl carbamates (subject to hydrolysis) is 2. The molecule has 0 radical (unpaired) electrons. The molecule has 5 atom stereocenters. The van der Waals surface area contributed by atoms with Gasteiger partial charge in [0.25, 0.3) is 0 Å². The second kappa shape index (κ2) is 16.5.